The monoisotopic (exact) mass is 250 g/mol. The summed E-state index contributed by atoms with van der Waals surface area (Å²) in [6.07, 6.45) is 0. The molecule has 0 saturated heterocycles. The minimum Gasteiger partial charge on any atom is -0.476 e. The standard InChI is InChI=1S/C12H11ClN2O2/c1-7-5-9(13)3-4-11(7)15-8(2)6-10(14-15)12(16)17/h3-6H,1-2H3,(H,16,17). The molecule has 2 aromatic rings. The highest BCUT2D eigenvalue weighted by atomic mass is 35.5. The van der Waals surface area contributed by atoms with Gasteiger partial charge in [0.25, 0.3) is 0 Å². The molecule has 88 valence electrons. The molecule has 1 aromatic carbocycles. The molecule has 0 radical (unpaired) electrons. The zero-order valence-electron chi connectivity index (χ0n) is 9.44. The molecule has 0 saturated carbocycles. The van der Waals surface area contributed by atoms with Gasteiger partial charge in [0.2, 0.25) is 0 Å². The molecule has 0 bridgehead atoms. The number of benzene rings is 1. The van der Waals surface area contributed by atoms with Crippen molar-refractivity contribution in [2.24, 2.45) is 0 Å². The van der Waals surface area contributed by atoms with Crippen molar-refractivity contribution in [1.82, 2.24) is 9.78 Å². The number of aromatic nitrogens is 2. The first-order chi connectivity index (χ1) is 7.99. The second-order valence-electron chi connectivity index (χ2n) is 3.82. The lowest BCUT2D eigenvalue weighted by atomic mass is 10.2. The summed E-state index contributed by atoms with van der Waals surface area (Å²) in [7, 11) is 0. The third-order valence-electron chi connectivity index (χ3n) is 2.49. The Bertz CT molecular complexity index is 590. The molecule has 0 aliphatic carbocycles. The van der Waals surface area contributed by atoms with Crippen molar-refractivity contribution in [1.29, 1.82) is 0 Å². The average Bonchev–Trinajstić information content (AvgIpc) is 2.61. The lowest BCUT2D eigenvalue weighted by molar-refractivity contribution is 0.0690. The summed E-state index contributed by atoms with van der Waals surface area (Å²) in [6.45, 7) is 3.72. The summed E-state index contributed by atoms with van der Waals surface area (Å²) in [5.41, 5.74) is 2.59. The molecule has 0 unspecified atom stereocenters. The number of carboxylic acids is 1. The quantitative estimate of drug-likeness (QED) is 0.892. The molecule has 5 heteroatoms. The SMILES string of the molecule is Cc1cc(Cl)ccc1-n1nc(C(=O)O)cc1C. The van der Waals surface area contributed by atoms with E-state index in [0.717, 1.165) is 16.9 Å². The van der Waals surface area contributed by atoms with Gasteiger partial charge in [0.15, 0.2) is 5.69 Å². The van der Waals surface area contributed by atoms with Crippen LogP contribution in [0.2, 0.25) is 5.02 Å². The first kappa shape index (κ1) is 11.7. The number of hydrogen-bond acceptors (Lipinski definition) is 2. The highest BCUT2D eigenvalue weighted by molar-refractivity contribution is 6.30. The summed E-state index contributed by atoms with van der Waals surface area (Å²) >= 11 is 5.88. The van der Waals surface area contributed by atoms with Crippen LogP contribution in [0.15, 0.2) is 24.3 Å². The topological polar surface area (TPSA) is 55.1 Å². The highest BCUT2D eigenvalue weighted by Gasteiger charge is 2.12. The number of rotatable bonds is 2. The maximum Gasteiger partial charge on any atom is 0.356 e. The first-order valence-electron chi connectivity index (χ1n) is 5.05. The summed E-state index contributed by atoms with van der Waals surface area (Å²) in [5.74, 6) is -1.03. The Morgan fingerprint density at radius 2 is 2.06 bits per heavy atom. The van der Waals surface area contributed by atoms with Crippen LogP contribution in [0.3, 0.4) is 0 Å². The van der Waals surface area contributed by atoms with Crippen LogP contribution in [-0.2, 0) is 0 Å². The Balaban J connectivity index is 2.56. The molecule has 0 fully saturated rings. The summed E-state index contributed by atoms with van der Waals surface area (Å²) in [6, 6.07) is 6.93. The lowest BCUT2D eigenvalue weighted by Crippen LogP contribution is -2.03. The van der Waals surface area contributed by atoms with Gasteiger partial charge in [-0.2, -0.15) is 5.10 Å². The van der Waals surface area contributed by atoms with Crippen LogP contribution in [0.5, 0.6) is 0 Å². The van der Waals surface area contributed by atoms with Crippen LogP contribution < -0.4 is 0 Å². The van der Waals surface area contributed by atoms with Crippen molar-refractivity contribution in [2.75, 3.05) is 0 Å². The molecule has 2 rings (SSSR count). The minimum absolute atomic E-state index is 0.0388. The smallest absolute Gasteiger partial charge is 0.356 e. The predicted octanol–water partition coefficient (Wildman–Crippen LogP) is 2.84. The van der Waals surface area contributed by atoms with E-state index in [1.54, 1.807) is 10.7 Å². The Morgan fingerprint density at radius 3 is 2.59 bits per heavy atom. The number of hydrogen-bond donors (Lipinski definition) is 1. The normalized spacial score (nSPS) is 10.5. The van der Waals surface area contributed by atoms with E-state index in [4.69, 9.17) is 16.7 Å². The highest BCUT2D eigenvalue weighted by Crippen LogP contribution is 2.20. The maximum absolute atomic E-state index is 10.8. The number of nitrogens with zero attached hydrogens (tertiary/aromatic N) is 2. The van der Waals surface area contributed by atoms with E-state index < -0.39 is 5.97 Å². The largest absolute Gasteiger partial charge is 0.476 e. The van der Waals surface area contributed by atoms with Crippen molar-refractivity contribution in [3.8, 4) is 5.69 Å². The van der Waals surface area contributed by atoms with Gasteiger partial charge in [0, 0.05) is 10.7 Å². The molecule has 0 aliphatic rings. The third kappa shape index (κ3) is 2.17. The van der Waals surface area contributed by atoms with Crippen LogP contribution in [0.25, 0.3) is 5.69 Å². The third-order valence-corrected chi connectivity index (χ3v) is 2.73. The van der Waals surface area contributed by atoms with Gasteiger partial charge < -0.3 is 5.11 Å². The van der Waals surface area contributed by atoms with Crippen molar-refractivity contribution in [2.45, 2.75) is 13.8 Å². The van der Waals surface area contributed by atoms with E-state index in [1.165, 1.54) is 6.07 Å². The Kier molecular flexibility index (Phi) is 2.90. The van der Waals surface area contributed by atoms with Crippen LogP contribution in [0.1, 0.15) is 21.7 Å². The molecule has 0 amide bonds. The lowest BCUT2D eigenvalue weighted by Gasteiger charge is -2.08. The molecule has 1 aromatic heterocycles. The molecule has 17 heavy (non-hydrogen) atoms. The Labute approximate surface area is 103 Å². The van der Waals surface area contributed by atoms with Crippen LogP contribution in [0, 0.1) is 13.8 Å². The van der Waals surface area contributed by atoms with Gasteiger partial charge in [-0.1, -0.05) is 11.6 Å². The molecule has 0 atom stereocenters. The number of carboxylic acid groups (broad SMARTS) is 1. The molecule has 0 spiro atoms. The minimum atomic E-state index is -1.03. The number of aryl methyl sites for hydroxylation is 2. The molecular weight excluding hydrogens is 240 g/mol. The molecule has 1 N–H and O–H groups in total. The fraction of sp³-hybridized carbons (Fsp3) is 0.167. The van der Waals surface area contributed by atoms with Crippen molar-refractivity contribution < 1.29 is 9.90 Å². The maximum atomic E-state index is 10.8. The molecule has 4 nitrogen and oxygen atoms in total. The van der Waals surface area contributed by atoms with Crippen LogP contribution >= 0.6 is 11.6 Å². The first-order valence-corrected chi connectivity index (χ1v) is 5.43. The zero-order valence-corrected chi connectivity index (χ0v) is 10.2. The van der Waals surface area contributed by atoms with Gasteiger partial charge in [-0.25, -0.2) is 9.48 Å². The number of carbonyl (C=O) groups is 1. The van der Waals surface area contributed by atoms with E-state index >= 15 is 0 Å². The molecular formula is C12H11ClN2O2. The van der Waals surface area contributed by atoms with E-state index in [2.05, 4.69) is 5.10 Å². The van der Waals surface area contributed by atoms with Crippen LogP contribution in [-0.4, -0.2) is 20.9 Å². The second kappa shape index (κ2) is 4.22. The number of aromatic carboxylic acids is 1. The van der Waals surface area contributed by atoms with E-state index in [0.29, 0.717) is 5.02 Å². The Morgan fingerprint density at radius 1 is 1.35 bits per heavy atom. The Hall–Kier alpha value is -1.81. The average molecular weight is 251 g/mol. The van der Waals surface area contributed by atoms with E-state index in [1.807, 2.05) is 26.0 Å². The van der Waals surface area contributed by atoms with Gasteiger partial charge in [-0.3, -0.25) is 0 Å². The van der Waals surface area contributed by atoms with Crippen molar-refractivity contribution >= 4 is 17.6 Å². The van der Waals surface area contributed by atoms with E-state index in [-0.39, 0.29) is 5.69 Å². The van der Waals surface area contributed by atoms with Gasteiger partial charge in [-0.15, -0.1) is 0 Å². The molecule has 1 heterocycles. The summed E-state index contributed by atoms with van der Waals surface area (Å²) < 4.78 is 1.61. The fourth-order valence-corrected chi connectivity index (χ4v) is 1.91. The summed E-state index contributed by atoms with van der Waals surface area (Å²) in [4.78, 5) is 10.8. The number of halogens is 1. The zero-order chi connectivity index (χ0) is 12.6. The summed E-state index contributed by atoms with van der Waals surface area (Å²) in [5, 5.41) is 13.6. The van der Waals surface area contributed by atoms with Gasteiger partial charge in [0.05, 0.1) is 5.69 Å². The van der Waals surface area contributed by atoms with Gasteiger partial charge in [0.1, 0.15) is 0 Å². The van der Waals surface area contributed by atoms with Gasteiger partial charge in [-0.05, 0) is 43.7 Å². The second-order valence-corrected chi connectivity index (χ2v) is 4.26. The van der Waals surface area contributed by atoms with E-state index in [9.17, 15) is 4.79 Å². The van der Waals surface area contributed by atoms with Gasteiger partial charge >= 0.3 is 5.97 Å². The predicted molar refractivity (Wildman–Crippen MR) is 65.0 cm³/mol. The van der Waals surface area contributed by atoms with Crippen molar-refractivity contribution in [3.63, 3.8) is 0 Å². The fourth-order valence-electron chi connectivity index (χ4n) is 1.68. The van der Waals surface area contributed by atoms with Crippen LogP contribution in [0.4, 0.5) is 0 Å². The van der Waals surface area contributed by atoms with Crippen molar-refractivity contribution in [3.05, 3.63) is 46.2 Å². The molecule has 0 aliphatic heterocycles.